The van der Waals surface area contributed by atoms with Gasteiger partial charge >= 0.3 is 21.7 Å². The van der Waals surface area contributed by atoms with Crippen LogP contribution in [-0.2, 0) is 21.7 Å². The molecule has 0 bridgehead atoms. The van der Waals surface area contributed by atoms with E-state index in [1.165, 1.54) is 21.5 Å². The van der Waals surface area contributed by atoms with Crippen molar-refractivity contribution in [2.45, 2.75) is 0 Å². The standard InChI is InChI=1S/C13H9.3FH.Ti/c1-3-7-12-10(5-1)9-11-6-2-4-8-13(11)12;;;;/h1-9H;3*1H;/q-1;;;;+4/p-3. The molecule has 0 aliphatic heterocycles. The summed E-state index contributed by atoms with van der Waals surface area (Å²) in [4.78, 5) is 0. The number of benzene rings is 2. The first-order valence-electron chi connectivity index (χ1n) is 4.48. The minimum atomic E-state index is 0. The van der Waals surface area contributed by atoms with Crippen molar-refractivity contribution in [3.05, 3.63) is 54.6 Å². The minimum absolute atomic E-state index is 0. The zero-order chi connectivity index (χ0) is 8.67. The average Bonchev–Trinajstić information content (AvgIpc) is 2.56. The summed E-state index contributed by atoms with van der Waals surface area (Å²) in [6, 6.07) is 19.3. The van der Waals surface area contributed by atoms with Gasteiger partial charge in [0.05, 0.1) is 0 Å². The fourth-order valence-electron chi connectivity index (χ4n) is 1.90. The zero-order valence-corrected chi connectivity index (χ0v) is 10.4. The fourth-order valence-corrected chi connectivity index (χ4v) is 1.90. The Labute approximate surface area is 112 Å². The maximum atomic E-state index is 2.24. The van der Waals surface area contributed by atoms with Gasteiger partial charge in [-0.05, 0) is 0 Å². The Morgan fingerprint density at radius 1 is 0.588 bits per heavy atom. The Balaban J connectivity index is 0. The average molecular weight is 270 g/mol. The van der Waals surface area contributed by atoms with Crippen molar-refractivity contribution in [1.29, 1.82) is 0 Å². The Kier molecular flexibility index (Phi) is 7.70. The second-order valence-corrected chi connectivity index (χ2v) is 3.32. The van der Waals surface area contributed by atoms with Crippen molar-refractivity contribution < 1.29 is 35.8 Å². The molecule has 4 heteroatoms. The molecule has 0 radical (unpaired) electrons. The van der Waals surface area contributed by atoms with E-state index < -0.39 is 0 Å². The Hall–Kier alpha value is -1.19. The van der Waals surface area contributed by atoms with Gasteiger partial charge in [0.15, 0.2) is 0 Å². The molecule has 0 fully saturated rings. The van der Waals surface area contributed by atoms with Crippen LogP contribution < -0.4 is 14.1 Å². The van der Waals surface area contributed by atoms with Gasteiger partial charge in [0, 0.05) is 0 Å². The summed E-state index contributed by atoms with van der Waals surface area (Å²) in [5, 5.41) is 5.39. The van der Waals surface area contributed by atoms with Gasteiger partial charge in [-0.1, -0.05) is 36.4 Å². The van der Waals surface area contributed by atoms with E-state index in [9.17, 15) is 0 Å². The van der Waals surface area contributed by atoms with Crippen LogP contribution in [0.25, 0.3) is 21.5 Å². The molecule has 0 aliphatic carbocycles. The molecular formula is C13H9F3Ti. The molecule has 3 rings (SSSR count). The van der Waals surface area contributed by atoms with Crippen molar-refractivity contribution in [3.8, 4) is 0 Å². The maximum Gasteiger partial charge on any atom is 4.00 e. The Bertz CT molecular complexity index is 524. The molecule has 0 N–H and O–H groups in total. The third-order valence-electron chi connectivity index (χ3n) is 2.52. The summed E-state index contributed by atoms with van der Waals surface area (Å²) in [6.45, 7) is 0. The smallest absolute Gasteiger partial charge is 1.00 e. The van der Waals surface area contributed by atoms with Gasteiger partial charge < -0.3 is 14.1 Å². The van der Waals surface area contributed by atoms with Gasteiger partial charge in [0.2, 0.25) is 0 Å². The monoisotopic (exact) mass is 270 g/mol. The normalized spacial score (nSPS) is 8.47. The third kappa shape index (κ3) is 2.93. The predicted molar refractivity (Wildman–Crippen MR) is 57.0 cm³/mol. The Morgan fingerprint density at radius 2 is 0.941 bits per heavy atom. The largest absolute Gasteiger partial charge is 4.00 e. The number of halogens is 3. The van der Waals surface area contributed by atoms with E-state index in [1.807, 2.05) is 0 Å². The second-order valence-electron chi connectivity index (χ2n) is 3.32. The SMILES string of the molecule is [F-].[F-].[F-].[Ti+4].c1ccc2c(c1)[cH-]c1ccccc12. The van der Waals surface area contributed by atoms with Gasteiger partial charge in [-0.3, -0.25) is 0 Å². The molecule has 0 aromatic heterocycles. The van der Waals surface area contributed by atoms with E-state index in [-0.39, 0.29) is 35.8 Å². The molecule has 0 unspecified atom stereocenters. The van der Waals surface area contributed by atoms with Crippen LogP contribution in [0, 0.1) is 0 Å². The molecule has 0 saturated heterocycles. The molecule has 0 aliphatic rings. The topological polar surface area (TPSA) is 0 Å². The number of hydrogen-bond donors (Lipinski definition) is 0. The summed E-state index contributed by atoms with van der Waals surface area (Å²) in [6.07, 6.45) is 0. The molecule has 86 valence electrons. The van der Waals surface area contributed by atoms with Crippen LogP contribution in [0.5, 0.6) is 0 Å². The number of hydrogen-bond acceptors (Lipinski definition) is 0. The third-order valence-corrected chi connectivity index (χ3v) is 2.52. The van der Waals surface area contributed by atoms with Crippen molar-refractivity contribution in [3.63, 3.8) is 0 Å². The fraction of sp³-hybridized carbons (Fsp3) is 0. The Morgan fingerprint density at radius 3 is 1.35 bits per heavy atom. The van der Waals surface area contributed by atoms with E-state index >= 15 is 0 Å². The molecule has 3 aromatic rings. The van der Waals surface area contributed by atoms with Crippen LogP contribution in [-0.4, -0.2) is 0 Å². The molecule has 0 atom stereocenters. The van der Waals surface area contributed by atoms with E-state index in [2.05, 4.69) is 54.6 Å². The van der Waals surface area contributed by atoms with Crippen molar-refractivity contribution in [2.24, 2.45) is 0 Å². The van der Waals surface area contributed by atoms with Crippen LogP contribution in [0.2, 0.25) is 0 Å². The van der Waals surface area contributed by atoms with Crippen molar-refractivity contribution in [2.75, 3.05) is 0 Å². The molecule has 0 amide bonds. The van der Waals surface area contributed by atoms with Crippen LogP contribution in [0.15, 0.2) is 54.6 Å². The van der Waals surface area contributed by atoms with Crippen LogP contribution in [0.3, 0.4) is 0 Å². The number of fused-ring (bicyclic) bond motifs is 3. The van der Waals surface area contributed by atoms with Gasteiger partial charge in [-0.25, -0.2) is 0 Å². The second kappa shape index (κ2) is 7.20. The van der Waals surface area contributed by atoms with E-state index in [0.717, 1.165) is 0 Å². The molecule has 17 heavy (non-hydrogen) atoms. The summed E-state index contributed by atoms with van der Waals surface area (Å²) in [5.74, 6) is 0. The molecular weight excluding hydrogens is 261 g/mol. The summed E-state index contributed by atoms with van der Waals surface area (Å²) in [7, 11) is 0. The minimum Gasteiger partial charge on any atom is -1.00 e. The first-order chi connectivity index (χ1) is 6.45. The van der Waals surface area contributed by atoms with E-state index in [4.69, 9.17) is 0 Å². The van der Waals surface area contributed by atoms with E-state index in [1.54, 1.807) is 0 Å². The summed E-state index contributed by atoms with van der Waals surface area (Å²) in [5.41, 5.74) is 0. The zero-order valence-electron chi connectivity index (χ0n) is 8.83. The predicted octanol–water partition coefficient (Wildman–Crippen LogP) is -5.28. The molecule has 0 nitrogen and oxygen atoms in total. The quantitative estimate of drug-likeness (QED) is 0.283. The molecule has 3 aromatic carbocycles. The van der Waals surface area contributed by atoms with Crippen LogP contribution in [0.1, 0.15) is 0 Å². The van der Waals surface area contributed by atoms with E-state index in [0.29, 0.717) is 0 Å². The number of rotatable bonds is 0. The van der Waals surface area contributed by atoms with Gasteiger partial charge in [0.1, 0.15) is 0 Å². The molecule has 0 spiro atoms. The molecule has 0 heterocycles. The van der Waals surface area contributed by atoms with Gasteiger partial charge in [-0.2, -0.15) is 0 Å². The first-order valence-corrected chi connectivity index (χ1v) is 4.48. The summed E-state index contributed by atoms with van der Waals surface area (Å²) < 4.78 is 0. The van der Waals surface area contributed by atoms with Gasteiger partial charge in [0.25, 0.3) is 0 Å². The van der Waals surface area contributed by atoms with Crippen molar-refractivity contribution >= 4 is 21.5 Å². The summed E-state index contributed by atoms with van der Waals surface area (Å²) >= 11 is 0. The first kappa shape index (κ1) is 18.2. The van der Waals surface area contributed by atoms with Gasteiger partial charge in [-0.15, -0.1) is 39.7 Å². The molecule has 0 saturated carbocycles. The van der Waals surface area contributed by atoms with Crippen LogP contribution in [0.4, 0.5) is 0 Å². The van der Waals surface area contributed by atoms with Crippen LogP contribution >= 0.6 is 0 Å². The van der Waals surface area contributed by atoms with Crippen molar-refractivity contribution in [1.82, 2.24) is 0 Å². The maximum absolute atomic E-state index is 2.24.